The van der Waals surface area contributed by atoms with E-state index in [0.717, 1.165) is 30.3 Å². The van der Waals surface area contributed by atoms with Gasteiger partial charge in [0, 0.05) is 4.47 Å². The molecular weight excluding hydrogens is 575 g/mol. The second-order valence-corrected chi connectivity index (χ2v) is 9.51. The Balaban J connectivity index is 1.90. The number of nitro groups is 1. The molecule has 15 heteroatoms. The Labute approximate surface area is 210 Å². The number of anilines is 2. The highest BCUT2D eigenvalue weighted by Crippen LogP contribution is 2.31. The molecule has 1 amide bonds. The van der Waals surface area contributed by atoms with Crippen molar-refractivity contribution in [3.05, 3.63) is 80.8 Å². The van der Waals surface area contributed by atoms with Crippen molar-refractivity contribution in [3.8, 4) is 11.5 Å². The van der Waals surface area contributed by atoms with Crippen molar-refractivity contribution in [1.29, 1.82) is 0 Å². The van der Waals surface area contributed by atoms with E-state index in [1.807, 2.05) is 0 Å². The molecular formula is C21H15BrF3N3O7S. The molecule has 0 radical (unpaired) electrons. The SMILES string of the molecule is COc1ccc(NC(=O)c2cc(Br)ccc2NS(=O)(=O)c2ccc(OC(F)(F)F)cc2)c([N+](=O)[O-])c1. The molecule has 0 saturated carbocycles. The Morgan fingerprint density at radius 2 is 1.61 bits per heavy atom. The summed E-state index contributed by atoms with van der Waals surface area (Å²) in [7, 11) is -3.04. The summed E-state index contributed by atoms with van der Waals surface area (Å²) in [4.78, 5) is 23.2. The standard InChI is InChI=1S/C21H15BrF3N3O7S/c1-34-14-5-9-18(19(11-14)28(30)31)26-20(29)16-10-12(22)2-8-17(16)27-36(32,33)15-6-3-13(4-7-15)35-21(23,24)25/h2-11,27H,1H3,(H,26,29). The molecule has 0 unspecified atom stereocenters. The van der Waals surface area contributed by atoms with Gasteiger partial charge in [0.05, 0.1) is 34.2 Å². The molecule has 36 heavy (non-hydrogen) atoms. The second kappa shape index (κ2) is 10.4. The molecule has 190 valence electrons. The lowest BCUT2D eigenvalue weighted by Crippen LogP contribution is -2.19. The van der Waals surface area contributed by atoms with Crippen molar-refractivity contribution in [2.45, 2.75) is 11.3 Å². The molecule has 10 nitrogen and oxygen atoms in total. The number of nitro benzene ring substituents is 1. The van der Waals surface area contributed by atoms with E-state index in [4.69, 9.17) is 4.74 Å². The van der Waals surface area contributed by atoms with Gasteiger partial charge < -0.3 is 14.8 Å². The number of rotatable bonds is 8. The van der Waals surface area contributed by atoms with Crippen molar-refractivity contribution in [3.63, 3.8) is 0 Å². The molecule has 0 aliphatic carbocycles. The van der Waals surface area contributed by atoms with Crippen LogP contribution in [0.25, 0.3) is 0 Å². The molecule has 0 heterocycles. The third kappa shape index (κ3) is 6.63. The van der Waals surface area contributed by atoms with Crippen LogP contribution in [0.2, 0.25) is 0 Å². The van der Waals surface area contributed by atoms with Gasteiger partial charge in [-0.1, -0.05) is 15.9 Å². The summed E-state index contributed by atoms with van der Waals surface area (Å²) in [5.41, 5.74) is -1.02. The van der Waals surface area contributed by atoms with E-state index in [1.54, 1.807) is 0 Å². The van der Waals surface area contributed by atoms with E-state index in [9.17, 15) is 36.5 Å². The van der Waals surface area contributed by atoms with E-state index < -0.39 is 43.5 Å². The molecule has 0 fully saturated rings. The molecule has 2 N–H and O–H groups in total. The van der Waals surface area contributed by atoms with Gasteiger partial charge in [0.2, 0.25) is 0 Å². The summed E-state index contributed by atoms with van der Waals surface area (Å²) in [6.45, 7) is 0. The smallest absolute Gasteiger partial charge is 0.496 e. The minimum atomic E-state index is -4.95. The van der Waals surface area contributed by atoms with Crippen LogP contribution in [0.5, 0.6) is 11.5 Å². The second-order valence-electron chi connectivity index (χ2n) is 6.91. The Hall–Kier alpha value is -3.85. The molecule has 3 aromatic rings. The van der Waals surface area contributed by atoms with Gasteiger partial charge in [-0.2, -0.15) is 0 Å². The number of carbonyl (C=O) groups excluding carboxylic acids is 1. The molecule has 0 saturated heterocycles. The van der Waals surface area contributed by atoms with Crippen LogP contribution in [0.4, 0.5) is 30.2 Å². The third-order valence-electron chi connectivity index (χ3n) is 4.49. The van der Waals surface area contributed by atoms with Crippen LogP contribution in [0.15, 0.2) is 70.0 Å². The van der Waals surface area contributed by atoms with Crippen LogP contribution in [0.1, 0.15) is 10.4 Å². The maximum atomic E-state index is 13.0. The van der Waals surface area contributed by atoms with Crippen LogP contribution in [0, 0.1) is 10.1 Å². The van der Waals surface area contributed by atoms with Crippen molar-refractivity contribution in [2.75, 3.05) is 17.1 Å². The monoisotopic (exact) mass is 589 g/mol. The Kier molecular flexibility index (Phi) is 7.74. The van der Waals surface area contributed by atoms with E-state index >= 15 is 0 Å². The maximum Gasteiger partial charge on any atom is 0.573 e. The minimum Gasteiger partial charge on any atom is -0.496 e. The molecule has 0 aromatic heterocycles. The first-order chi connectivity index (χ1) is 16.8. The first kappa shape index (κ1) is 26.7. The van der Waals surface area contributed by atoms with Crippen molar-refractivity contribution >= 4 is 48.9 Å². The topological polar surface area (TPSA) is 137 Å². The average molecular weight is 590 g/mol. The lowest BCUT2D eigenvalue weighted by atomic mass is 10.1. The number of benzene rings is 3. The number of hydrogen-bond donors (Lipinski definition) is 2. The van der Waals surface area contributed by atoms with Gasteiger partial charge in [0.15, 0.2) is 0 Å². The normalized spacial score (nSPS) is 11.5. The highest BCUT2D eigenvalue weighted by molar-refractivity contribution is 9.10. The number of methoxy groups -OCH3 is 1. The number of carbonyl (C=O) groups is 1. The molecule has 0 aliphatic heterocycles. The minimum absolute atomic E-state index is 0.167. The van der Waals surface area contributed by atoms with Gasteiger partial charge in [0.1, 0.15) is 17.2 Å². The average Bonchev–Trinajstić information content (AvgIpc) is 2.79. The van der Waals surface area contributed by atoms with Gasteiger partial charge >= 0.3 is 6.36 Å². The quantitative estimate of drug-likeness (QED) is 0.268. The number of halogens is 4. The number of amides is 1. The summed E-state index contributed by atoms with van der Waals surface area (Å²) in [6.07, 6.45) is -4.95. The lowest BCUT2D eigenvalue weighted by molar-refractivity contribution is -0.384. The van der Waals surface area contributed by atoms with Gasteiger partial charge in [-0.15, -0.1) is 13.2 Å². The number of sulfonamides is 1. The zero-order valence-electron chi connectivity index (χ0n) is 18.0. The van der Waals surface area contributed by atoms with Gasteiger partial charge in [-0.25, -0.2) is 8.42 Å². The Morgan fingerprint density at radius 3 is 2.19 bits per heavy atom. The zero-order valence-corrected chi connectivity index (χ0v) is 20.4. The molecule has 3 rings (SSSR count). The summed E-state index contributed by atoms with van der Waals surface area (Å²) in [5, 5.41) is 13.8. The summed E-state index contributed by atoms with van der Waals surface area (Å²) in [5.74, 6) is -1.32. The zero-order chi connectivity index (χ0) is 26.7. The first-order valence-corrected chi connectivity index (χ1v) is 11.9. The fourth-order valence-corrected chi connectivity index (χ4v) is 4.34. The van der Waals surface area contributed by atoms with E-state index in [2.05, 4.69) is 30.7 Å². The van der Waals surface area contributed by atoms with Gasteiger partial charge in [-0.05, 0) is 54.6 Å². The number of nitrogens with one attached hydrogen (secondary N) is 2. The largest absolute Gasteiger partial charge is 0.573 e. The van der Waals surface area contributed by atoms with Crippen LogP contribution in [0.3, 0.4) is 0 Å². The van der Waals surface area contributed by atoms with E-state index in [1.165, 1.54) is 37.4 Å². The first-order valence-electron chi connectivity index (χ1n) is 9.61. The summed E-state index contributed by atoms with van der Waals surface area (Å²) >= 11 is 3.18. The van der Waals surface area contributed by atoms with Crippen molar-refractivity contribution in [2.24, 2.45) is 0 Å². The van der Waals surface area contributed by atoms with Crippen LogP contribution >= 0.6 is 15.9 Å². The van der Waals surface area contributed by atoms with E-state index in [0.29, 0.717) is 4.47 Å². The molecule has 0 spiro atoms. The fourth-order valence-electron chi connectivity index (χ4n) is 2.90. The van der Waals surface area contributed by atoms with Gasteiger partial charge in [0.25, 0.3) is 21.6 Å². The number of alkyl halides is 3. The van der Waals surface area contributed by atoms with Gasteiger partial charge in [-0.3, -0.25) is 19.6 Å². The maximum absolute atomic E-state index is 13.0. The third-order valence-corrected chi connectivity index (χ3v) is 6.36. The fraction of sp³-hybridized carbons (Fsp3) is 0.0952. The van der Waals surface area contributed by atoms with Crippen molar-refractivity contribution < 1.29 is 40.8 Å². The predicted molar refractivity (Wildman–Crippen MR) is 126 cm³/mol. The van der Waals surface area contributed by atoms with E-state index in [-0.39, 0.29) is 22.7 Å². The highest BCUT2D eigenvalue weighted by atomic mass is 79.9. The Bertz CT molecular complexity index is 1420. The van der Waals surface area contributed by atoms with Crippen LogP contribution in [-0.4, -0.2) is 32.7 Å². The van der Waals surface area contributed by atoms with Crippen LogP contribution in [-0.2, 0) is 10.0 Å². The molecule has 0 atom stereocenters. The Morgan fingerprint density at radius 1 is 1.00 bits per heavy atom. The highest BCUT2D eigenvalue weighted by Gasteiger charge is 2.31. The summed E-state index contributed by atoms with van der Waals surface area (Å²) < 4.78 is 73.9. The molecule has 3 aromatic carbocycles. The van der Waals surface area contributed by atoms with Crippen LogP contribution < -0.4 is 19.5 Å². The molecule has 0 bridgehead atoms. The van der Waals surface area contributed by atoms with Crippen molar-refractivity contribution in [1.82, 2.24) is 0 Å². The predicted octanol–water partition coefficient (Wildman–Crippen LogP) is 5.32. The number of hydrogen-bond acceptors (Lipinski definition) is 7. The lowest BCUT2D eigenvalue weighted by Gasteiger charge is -2.14. The number of nitrogens with zero attached hydrogens (tertiary/aromatic N) is 1. The summed E-state index contributed by atoms with van der Waals surface area (Å²) in [6, 6.07) is 11.1. The number of ether oxygens (including phenoxy) is 2. The molecule has 0 aliphatic rings.